The van der Waals surface area contributed by atoms with Gasteiger partial charge in [0.1, 0.15) is 5.69 Å². The number of methoxy groups -OCH3 is 1. The molecule has 0 spiro atoms. The third-order valence-corrected chi connectivity index (χ3v) is 3.38. The van der Waals surface area contributed by atoms with E-state index in [0.29, 0.717) is 37.0 Å². The van der Waals surface area contributed by atoms with Crippen LogP contribution >= 0.6 is 0 Å². The van der Waals surface area contributed by atoms with Crippen LogP contribution in [0.1, 0.15) is 23.0 Å². The molecule has 1 aliphatic rings. The summed E-state index contributed by atoms with van der Waals surface area (Å²) in [6.45, 7) is 3.45. The number of aryl methyl sites for hydroxylation is 1. The highest BCUT2D eigenvalue weighted by molar-refractivity contribution is 5.67. The largest absolute Gasteiger partial charge is 0.453 e. The van der Waals surface area contributed by atoms with Crippen molar-refractivity contribution in [2.75, 3.05) is 13.7 Å². The molecule has 0 unspecified atom stereocenters. The normalized spacial score (nSPS) is 13.1. The summed E-state index contributed by atoms with van der Waals surface area (Å²) >= 11 is 0. The predicted molar refractivity (Wildman–Crippen MR) is 77.8 cm³/mol. The van der Waals surface area contributed by atoms with E-state index in [1.807, 2.05) is 29.7 Å². The number of hydrogen-bond donors (Lipinski definition) is 0. The second-order valence-corrected chi connectivity index (χ2v) is 4.90. The zero-order chi connectivity index (χ0) is 15.5. The Morgan fingerprint density at radius 1 is 1.27 bits per heavy atom. The molecule has 22 heavy (non-hydrogen) atoms. The molecule has 1 amide bonds. The molecular weight excluding hydrogens is 282 g/mol. The monoisotopic (exact) mass is 297 g/mol. The van der Waals surface area contributed by atoms with Crippen molar-refractivity contribution in [2.24, 2.45) is 0 Å². The van der Waals surface area contributed by atoms with Gasteiger partial charge >= 0.3 is 6.09 Å². The fourth-order valence-corrected chi connectivity index (χ4v) is 2.27. The summed E-state index contributed by atoms with van der Waals surface area (Å²) in [5.74, 6) is 7.28. The molecular formula is C15H15N5O2. The first kappa shape index (κ1) is 14.1. The molecule has 2 aromatic heterocycles. The summed E-state index contributed by atoms with van der Waals surface area (Å²) in [5.41, 5.74) is 1.62. The van der Waals surface area contributed by atoms with E-state index in [0.717, 1.165) is 5.69 Å². The zero-order valence-corrected chi connectivity index (χ0v) is 12.4. The van der Waals surface area contributed by atoms with Gasteiger partial charge in [-0.3, -0.25) is 4.90 Å². The van der Waals surface area contributed by atoms with Crippen molar-refractivity contribution in [3.05, 3.63) is 41.2 Å². The highest BCUT2D eigenvalue weighted by Gasteiger charge is 2.24. The Hall–Kier alpha value is -2.88. The number of nitrogens with zero attached hydrogens (tertiary/aromatic N) is 5. The molecule has 0 N–H and O–H groups in total. The van der Waals surface area contributed by atoms with E-state index in [1.54, 1.807) is 4.90 Å². The molecule has 3 rings (SSSR count). The molecule has 2 aromatic rings. The Labute approximate surface area is 127 Å². The molecule has 1 aliphatic heterocycles. The maximum Gasteiger partial charge on any atom is 0.409 e. The van der Waals surface area contributed by atoms with E-state index in [2.05, 4.69) is 27.0 Å². The lowest BCUT2D eigenvalue weighted by Crippen LogP contribution is -2.38. The van der Waals surface area contributed by atoms with Crippen LogP contribution in [-0.4, -0.2) is 44.4 Å². The van der Waals surface area contributed by atoms with Crippen molar-refractivity contribution in [1.82, 2.24) is 24.6 Å². The molecule has 0 atom stereocenters. The van der Waals surface area contributed by atoms with Crippen LogP contribution in [0.2, 0.25) is 0 Å². The van der Waals surface area contributed by atoms with Crippen LogP contribution in [0.15, 0.2) is 18.2 Å². The third kappa shape index (κ3) is 2.76. The van der Waals surface area contributed by atoms with E-state index >= 15 is 0 Å². The molecule has 7 heteroatoms. The quantitative estimate of drug-likeness (QED) is 0.677. The minimum atomic E-state index is -0.356. The van der Waals surface area contributed by atoms with Crippen molar-refractivity contribution < 1.29 is 9.53 Å². The predicted octanol–water partition coefficient (Wildman–Crippen LogP) is 0.963. The molecule has 3 heterocycles. The number of amides is 1. The van der Waals surface area contributed by atoms with Crippen LogP contribution in [-0.2, 0) is 17.8 Å². The van der Waals surface area contributed by atoms with Gasteiger partial charge in [-0.25, -0.2) is 9.78 Å². The Morgan fingerprint density at radius 3 is 2.91 bits per heavy atom. The van der Waals surface area contributed by atoms with Gasteiger partial charge in [-0.2, -0.15) is 0 Å². The minimum absolute atomic E-state index is 0.356. The van der Waals surface area contributed by atoms with Gasteiger partial charge in [0.2, 0.25) is 5.82 Å². The smallest absolute Gasteiger partial charge is 0.409 e. The van der Waals surface area contributed by atoms with E-state index < -0.39 is 0 Å². The third-order valence-electron chi connectivity index (χ3n) is 3.38. The van der Waals surface area contributed by atoms with Gasteiger partial charge in [0.25, 0.3) is 0 Å². The molecule has 112 valence electrons. The summed E-state index contributed by atoms with van der Waals surface area (Å²) in [6, 6.07) is 5.69. The maximum atomic E-state index is 11.5. The average molecular weight is 297 g/mol. The van der Waals surface area contributed by atoms with Gasteiger partial charge < -0.3 is 9.30 Å². The van der Waals surface area contributed by atoms with E-state index in [-0.39, 0.29) is 6.09 Å². The Bertz CT molecular complexity index is 772. The van der Waals surface area contributed by atoms with Gasteiger partial charge in [-0.15, -0.1) is 10.2 Å². The van der Waals surface area contributed by atoms with Crippen LogP contribution in [0, 0.1) is 18.8 Å². The summed E-state index contributed by atoms with van der Waals surface area (Å²) < 4.78 is 6.64. The fourth-order valence-electron chi connectivity index (χ4n) is 2.27. The Kier molecular flexibility index (Phi) is 3.74. The first-order valence-electron chi connectivity index (χ1n) is 6.88. The topological polar surface area (TPSA) is 73.1 Å². The number of hydrogen-bond acceptors (Lipinski definition) is 5. The number of ether oxygens (including phenoxy) is 1. The molecule has 7 nitrogen and oxygen atoms in total. The summed E-state index contributed by atoms with van der Waals surface area (Å²) in [5, 5.41) is 8.18. The lowest BCUT2D eigenvalue weighted by Gasteiger charge is -2.25. The highest BCUT2D eigenvalue weighted by Crippen LogP contribution is 2.12. The first-order valence-corrected chi connectivity index (χ1v) is 6.88. The molecule has 0 aliphatic carbocycles. The fraction of sp³-hybridized carbons (Fsp3) is 0.333. The van der Waals surface area contributed by atoms with Crippen molar-refractivity contribution in [2.45, 2.75) is 20.0 Å². The number of fused-ring (bicyclic) bond motifs is 1. The van der Waals surface area contributed by atoms with Gasteiger partial charge in [-0.05, 0) is 30.9 Å². The van der Waals surface area contributed by atoms with Crippen LogP contribution < -0.4 is 0 Å². The van der Waals surface area contributed by atoms with Crippen molar-refractivity contribution in [1.29, 1.82) is 0 Å². The SMILES string of the molecule is COC(=O)N1CCn2c(C#Cc3cccc(C)n3)nnc2C1. The molecule has 0 fully saturated rings. The molecule has 0 saturated carbocycles. The van der Waals surface area contributed by atoms with Crippen LogP contribution in [0.4, 0.5) is 4.79 Å². The van der Waals surface area contributed by atoms with Crippen molar-refractivity contribution in [3.63, 3.8) is 0 Å². The lowest BCUT2D eigenvalue weighted by molar-refractivity contribution is 0.111. The molecule has 0 saturated heterocycles. The zero-order valence-electron chi connectivity index (χ0n) is 12.4. The van der Waals surface area contributed by atoms with E-state index in [9.17, 15) is 4.79 Å². The highest BCUT2D eigenvalue weighted by atomic mass is 16.5. The molecule has 0 radical (unpaired) electrons. The number of aromatic nitrogens is 4. The second kappa shape index (κ2) is 5.85. The van der Waals surface area contributed by atoms with Gasteiger partial charge in [-0.1, -0.05) is 6.07 Å². The van der Waals surface area contributed by atoms with E-state index in [1.165, 1.54) is 7.11 Å². The number of carbonyl (C=O) groups is 1. The standard InChI is InChI=1S/C15H15N5O2/c1-11-4-3-5-12(16-11)6-7-13-17-18-14-10-19(15(21)22-2)8-9-20(13)14/h3-5H,8-10H2,1-2H3. The average Bonchev–Trinajstić information content (AvgIpc) is 2.94. The molecule has 0 bridgehead atoms. The van der Waals surface area contributed by atoms with Gasteiger partial charge in [0.15, 0.2) is 5.82 Å². The number of pyridine rings is 1. The minimum Gasteiger partial charge on any atom is -0.453 e. The maximum absolute atomic E-state index is 11.5. The first-order chi connectivity index (χ1) is 10.7. The van der Waals surface area contributed by atoms with Crippen LogP contribution in [0.3, 0.4) is 0 Å². The second-order valence-electron chi connectivity index (χ2n) is 4.90. The van der Waals surface area contributed by atoms with Crippen molar-refractivity contribution >= 4 is 6.09 Å². The van der Waals surface area contributed by atoms with E-state index in [4.69, 9.17) is 4.74 Å². The molecule has 0 aromatic carbocycles. The summed E-state index contributed by atoms with van der Waals surface area (Å²) in [7, 11) is 1.37. The van der Waals surface area contributed by atoms with Gasteiger partial charge in [0.05, 0.1) is 13.7 Å². The summed E-state index contributed by atoms with van der Waals surface area (Å²) in [4.78, 5) is 17.5. The van der Waals surface area contributed by atoms with Crippen LogP contribution in [0.25, 0.3) is 0 Å². The Morgan fingerprint density at radius 2 is 2.14 bits per heavy atom. The number of carbonyl (C=O) groups excluding carboxylic acids is 1. The number of rotatable bonds is 0. The van der Waals surface area contributed by atoms with Gasteiger partial charge in [0, 0.05) is 18.8 Å². The summed E-state index contributed by atoms with van der Waals surface area (Å²) in [6.07, 6.45) is -0.356. The Balaban J connectivity index is 1.82. The van der Waals surface area contributed by atoms with Crippen LogP contribution in [0.5, 0.6) is 0 Å². The lowest BCUT2D eigenvalue weighted by atomic mass is 10.3. The van der Waals surface area contributed by atoms with Crippen molar-refractivity contribution in [3.8, 4) is 11.8 Å².